The van der Waals surface area contributed by atoms with Gasteiger partial charge in [0.15, 0.2) is 5.82 Å². The van der Waals surface area contributed by atoms with Gasteiger partial charge in [0.05, 0.1) is 16.6 Å². The first-order chi connectivity index (χ1) is 12.3. The zero-order valence-corrected chi connectivity index (χ0v) is 15.0. The Kier molecular flexibility index (Phi) is 5.24. The van der Waals surface area contributed by atoms with Crippen LogP contribution in [0.25, 0.3) is 0 Å². The first-order valence-corrected chi connectivity index (χ1v) is 9.77. The second-order valence-corrected chi connectivity index (χ2v) is 8.31. The van der Waals surface area contributed by atoms with Crippen LogP contribution in [0.5, 0.6) is 0 Å². The summed E-state index contributed by atoms with van der Waals surface area (Å²) in [6.07, 6.45) is 1.10. The molecule has 1 atom stereocenters. The molecule has 0 saturated heterocycles. The molecule has 0 aliphatic carbocycles. The fraction of sp³-hybridized carbons (Fsp3) is 0.333. The fourth-order valence-corrected chi connectivity index (χ4v) is 5.25. The zero-order valence-electron chi connectivity index (χ0n) is 14.2. The molecule has 2 aromatic carbocycles. The van der Waals surface area contributed by atoms with E-state index in [2.05, 4.69) is 5.32 Å². The topological polar surface area (TPSA) is 49.4 Å². The Morgan fingerprint density at radius 3 is 2.38 bits per heavy atom. The normalized spacial score (nSPS) is 18.6. The lowest BCUT2D eigenvalue weighted by atomic mass is 10.0. The number of benzene rings is 2. The average Bonchev–Trinajstić information content (AvgIpc) is 2.57. The van der Waals surface area contributed by atoms with Gasteiger partial charge in [0.1, 0.15) is 11.6 Å². The van der Waals surface area contributed by atoms with Crippen LogP contribution in [0.1, 0.15) is 18.4 Å². The lowest BCUT2D eigenvalue weighted by Crippen LogP contribution is -2.42. The van der Waals surface area contributed by atoms with Gasteiger partial charge >= 0.3 is 0 Å². The first-order valence-electron chi connectivity index (χ1n) is 8.27. The van der Waals surface area contributed by atoms with E-state index in [9.17, 15) is 21.6 Å². The summed E-state index contributed by atoms with van der Waals surface area (Å²) in [4.78, 5) is 0. The van der Waals surface area contributed by atoms with E-state index in [1.807, 2.05) is 0 Å². The van der Waals surface area contributed by atoms with Gasteiger partial charge in [0.2, 0.25) is 10.0 Å². The zero-order chi connectivity index (χ0) is 18.9. The number of hydrogen-bond acceptors (Lipinski definition) is 3. The van der Waals surface area contributed by atoms with Crippen molar-refractivity contribution in [1.82, 2.24) is 5.32 Å². The molecule has 1 N–H and O–H groups in total. The van der Waals surface area contributed by atoms with Gasteiger partial charge in [-0.25, -0.2) is 25.9 Å². The maximum absolute atomic E-state index is 14.4. The predicted octanol–water partition coefficient (Wildman–Crippen LogP) is 3.50. The first kappa shape index (κ1) is 18.7. The number of halogens is 3. The molecule has 1 heterocycles. The summed E-state index contributed by atoms with van der Waals surface area (Å²) in [5, 5.41) is 2.14. The van der Waals surface area contributed by atoms with E-state index in [0.29, 0.717) is 31.0 Å². The number of nitrogens with one attached hydrogen (secondary N) is 1. The molecule has 0 bridgehead atoms. The van der Waals surface area contributed by atoms with Gasteiger partial charge in [0.25, 0.3) is 0 Å². The fourth-order valence-electron chi connectivity index (χ4n) is 3.22. The number of sulfonamides is 1. The molecule has 0 amide bonds. The van der Waals surface area contributed by atoms with Crippen molar-refractivity contribution in [3.8, 4) is 0 Å². The van der Waals surface area contributed by atoms with Crippen LogP contribution in [0.2, 0.25) is 0 Å². The van der Waals surface area contributed by atoms with Crippen molar-refractivity contribution in [2.24, 2.45) is 0 Å². The van der Waals surface area contributed by atoms with Gasteiger partial charge in [-0.15, -0.1) is 0 Å². The van der Waals surface area contributed by atoms with Crippen molar-refractivity contribution < 1.29 is 21.6 Å². The Balaban J connectivity index is 2.13. The van der Waals surface area contributed by atoms with Crippen LogP contribution in [0.3, 0.4) is 0 Å². The number of hydrogen-bond donors (Lipinski definition) is 1. The molecule has 0 unspecified atom stereocenters. The molecule has 4 nitrogen and oxygen atoms in total. The van der Waals surface area contributed by atoms with E-state index in [1.54, 1.807) is 7.05 Å². The van der Waals surface area contributed by atoms with E-state index in [0.717, 1.165) is 22.5 Å². The van der Waals surface area contributed by atoms with Gasteiger partial charge < -0.3 is 5.32 Å². The molecular formula is C18H19F3N2O2S. The van der Waals surface area contributed by atoms with Gasteiger partial charge in [-0.3, -0.25) is 0 Å². The Labute approximate surface area is 150 Å². The minimum atomic E-state index is -3.94. The molecule has 0 fully saturated rings. The second kappa shape index (κ2) is 7.28. The third-order valence-electron chi connectivity index (χ3n) is 4.47. The maximum atomic E-state index is 14.4. The number of anilines is 2. The second-order valence-electron chi connectivity index (χ2n) is 6.25. The summed E-state index contributed by atoms with van der Waals surface area (Å²) in [6.45, 7) is 0.632. The van der Waals surface area contributed by atoms with Gasteiger partial charge in [-0.1, -0.05) is 0 Å². The van der Waals surface area contributed by atoms with E-state index in [-0.39, 0.29) is 17.8 Å². The van der Waals surface area contributed by atoms with Crippen LogP contribution < -0.4 is 9.62 Å². The average molecular weight is 384 g/mol. The molecule has 0 radical (unpaired) electrons. The molecule has 1 aliphatic heterocycles. The van der Waals surface area contributed by atoms with Crippen LogP contribution in [0, 0.1) is 17.5 Å². The molecule has 8 heteroatoms. The molecule has 26 heavy (non-hydrogen) atoms. The number of nitrogens with zero attached hydrogens (tertiary/aromatic N) is 1. The highest BCUT2D eigenvalue weighted by Crippen LogP contribution is 2.41. The molecule has 0 spiro atoms. The summed E-state index contributed by atoms with van der Waals surface area (Å²) in [6, 6.07) is 6.44. The minimum Gasteiger partial charge on any atom is -0.320 e. The molecule has 140 valence electrons. The van der Waals surface area contributed by atoms with Crippen molar-refractivity contribution in [1.29, 1.82) is 0 Å². The van der Waals surface area contributed by atoms with E-state index >= 15 is 0 Å². The van der Waals surface area contributed by atoms with Gasteiger partial charge in [0, 0.05) is 6.07 Å². The number of rotatable bonds is 5. The van der Waals surface area contributed by atoms with Gasteiger partial charge in [-0.05, 0) is 68.8 Å². The summed E-state index contributed by atoms with van der Waals surface area (Å²) < 4.78 is 68.5. The van der Waals surface area contributed by atoms with Crippen molar-refractivity contribution in [3.63, 3.8) is 0 Å². The lowest BCUT2D eigenvalue weighted by molar-refractivity contribution is 0.549. The Morgan fingerprint density at radius 2 is 1.73 bits per heavy atom. The van der Waals surface area contributed by atoms with E-state index in [1.165, 1.54) is 12.1 Å². The third kappa shape index (κ3) is 3.43. The summed E-state index contributed by atoms with van der Waals surface area (Å²) in [5.41, 5.74) is 0.414. The number of fused-ring (bicyclic) bond motifs is 1. The van der Waals surface area contributed by atoms with Crippen molar-refractivity contribution in [2.75, 3.05) is 17.9 Å². The maximum Gasteiger partial charge on any atom is 0.242 e. The predicted molar refractivity (Wildman–Crippen MR) is 94.5 cm³/mol. The highest BCUT2D eigenvalue weighted by molar-refractivity contribution is 7.93. The van der Waals surface area contributed by atoms with E-state index in [4.69, 9.17) is 0 Å². The minimum absolute atomic E-state index is 0.151. The molecule has 2 aromatic rings. The SMILES string of the molecule is CNCCC[C@@H]1Cc2cc(F)ccc2N(c2ccc(F)cc2F)S1(=O)=O. The standard InChI is InChI=1S/C18H19F3N2O2S/c1-22-8-2-3-15-10-12-9-13(19)4-6-17(12)23(26(15,24)25)18-7-5-14(20)11-16(18)21/h4-7,9,11,15,22H,2-3,8,10H2,1H3/t15-/m1/s1. The monoisotopic (exact) mass is 384 g/mol. The van der Waals surface area contributed by atoms with Crippen LogP contribution in [-0.4, -0.2) is 27.3 Å². The summed E-state index contributed by atoms with van der Waals surface area (Å²) in [5.74, 6) is -2.28. The van der Waals surface area contributed by atoms with Crippen molar-refractivity contribution >= 4 is 21.4 Å². The van der Waals surface area contributed by atoms with Crippen LogP contribution in [0.15, 0.2) is 36.4 Å². The molecule has 3 rings (SSSR count). The molecule has 0 aromatic heterocycles. The largest absolute Gasteiger partial charge is 0.320 e. The molecule has 1 aliphatic rings. The highest BCUT2D eigenvalue weighted by Gasteiger charge is 2.40. The molecular weight excluding hydrogens is 365 g/mol. The Morgan fingerprint density at radius 1 is 1.08 bits per heavy atom. The summed E-state index contributed by atoms with van der Waals surface area (Å²) in [7, 11) is -2.17. The molecule has 0 saturated carbocycles. The quantitative estimate of drug-likeness (QED) is 0.803. The van der Waals surface area contributed by atoms with Crippen LogP contribution in [0.4, 0.5) is 24.5 Å². The summed E-state index contributed by atoms with van der Waals surface area (Å²) >= 11 is 0. The van der Waals surface area contributed by atoms with Crippen molar-refractivity contribution in [3.05, 3.63) is 59.4 Å². The van der Waals surface area contributed by atoms with E-state index < -0.39 is 32.7 Å². The lowest BCUT2D eigenvalue weighted by Gasteiger charge is -2.35. The third-order valence-corrected chi connectivity index (χ3v) is 6.61. The Hall–Kier alpha value is -2.06. The van der Waals surface area contributed by atoms with Crippen LogP contribution >= 0.6 is 0 Å². The smallest absolute Gasteiger partial charge is 0.242 e. The highest BCUT2D eigenvalue weighted by atomic mass is 32.2. The van der Waals surface area contributed by atoms with Crippen molar-refractivity contribution in [2.45, 2.75) is 24.5 Å². The van der Waals surface area contributed by atoms with Gasteiger partial charge in [-0.2, -0.15) is 0 Å². The Bertz CT molecular complexity index is 919. The van der Waals surface area contributed by atoms with Crippen LogP contribution in [-0.2, 0) is 16.4 Å².